The fourth-order valence-electron chi connectivity index (χ4n) is 3.69. The Bertz CT molecular complexity index is 809. The van der Waals surface area contributed by atoms with E-state index >= 15 is 0 Å². The third-order valence-electron chi connectivity index (χ3n) is 5.25. The number of aryl methyl sites for hydroxylation is 1. The lowest BCUT2D eigenvalue weighted by molar-refractivity contribution is -0.133. The molecule has 28 heavy (non-hydrogen) atoms. The van der Waals surface area contributed by atoms with E-state index < -0.39 is 0 Å². The maximum atomic E-state index is 13.2. The lowest BCUT2D eigenvalue weighted by Crippen LogP contribution is -2.44. The molecule has 3 rings (SSSR count). The summed E-state index contributed by atoms with van der Waals surface area (Å²) >= 11 is 0. The Morgan fingerprint density at radius 1 is 1.21 bits per heavy atom. The van der Waals surface area contributed by atoms with Crippen molar-refractivity contribution in [2.24, 2.45) is 0 Å². The molecule has 1 fully saturated rings. The summed E-state index contributed by atoms with van der Waals surface area (Å²) in [7, 11) is 0. The fourth-order valence-corrected chi connectivity index (χ4v) is 3.69. The highest BCUT2D eigenvalue weighted by Crippen LogP contribution is 2.20. The topological polar surface area (TPSA) is 66.4 Å². The second kappa shape index (κ2) is 9.44. The summed E-state index contributed by atoms with van der Waals surface area (Å²) in [6, 6.07) is 10.0. The highest BCUT2D eigenvalue weighted by molar-refractivity contribution is 5.95. The second-order valence-electron chi connectivity index (χ2n) is 7.20. The number of amides is 2. The molecule has 1 atom stereocenters. The summed E-state index contributed by atoms with van der Waals surface area (Å²) in [6.45, 7) is 5.68. The first-order valence-corrected chi connectivity index (χ1v) is 10.1. The van der Waals surface area contributed by atoms with Crippen LogP contribution in [-0.4, -0.2) is 50.7 Å². The molecule has 1 aliphatic heterocycles. The van der Waals surface area contributed by atoms with Crippen molar-refractivity contribution in [3.63, 3.8) is 0 Å². The van der Waals surface area contributed by atoms with Crippen molar-refractivity contribution in [1.82, 2.24) is 19.8 Å². The van der Waals surface area contributed by atoms with Gasteiger partial charge >= 0.3 is 0 Å². The van der Waals surface area contributed by atoms with E-state index in [-0.39, 0.29) is 17.9 Å². The number of benzene rings is 1. The first-order chi connectivity index (χ1) is 13.6. The molecule has 0 aliphatic carbocycles. The molecular weight excluding hydrogens is 352 g/mol. The SMILES string of the molecule is CCCc1ncncc1C(=O)N1CCC(=O)N(Cc2ccccc2)C(CC)C1. The Hall–Kier alpha value is -2.76. The molecule has 0 radical (unpaired) electrons. The molecule has 148 valence electrons. The van der Waals surface area contributed by atoms with E-state index in [0.717, 1.165) is 30.5 Å². The van der Waals surface area contributed by atoms with E-state index in [4.69, 9.17) is 0 Å². The van der Waals surface area contributed by atoms with Gasteiger partial charge in [-0.2, -0.15) is 0 Å². The van der Waals surface area contributed by atoms with Crippen LogP contribution < -0.4 is 0 Å². The Morgan fingerprint density at radius 3 is 2.71 bits per heavy atom. The molecule has 1 saturated heterocycles. The van der Waals surface area contributed by atoms with Crippen LogP contribution in [0.5, 0.6) is 0 Å². The highest BCUT2D eigenvalue weighted by Gasteiger charge is 2.31. The zero-order chi connectivity index (χ0) is 19.9. The number of hydrogen-bond donors (Lipinski definition) is 0. The number of nitrogens with zero attached hydrogens (tertiary/aromatic N) is 4. The summed E-state index contributed by atoms with van der Waals surface area (Å²) in [5, 5.41) is 0. The number of carbonyl (C=O) groups excluding carboxylic acids is 2. The average molecular weight is 380 g/mol. The summed E-state index contributed by atoms with van der Waals surface area (Å²) < 4.78 is 0. The third kappa shape index (κ3) is 4.55. The minimum Gasteiger partial charge on any atom is -0.336 e. The molecule has 1 aliphatic rings. The normalized spacial score (nSPS) is 17.5. The van der Waals surface area contributed by atoms with Gasteiger partial charge in [-0.15, -0.1) is 0 Å². The lowest BCUT2D eigenvalue weighted by atomic mass is 10.1. The summed E-state index contributed by atoms with van der Waals surface area (Å²) in [4.78, 5) is 38.1. The van der Waals surface area contributed by atoms with Gasteiger partial charge in [-0.05, 0) is 18.4 Å². The van der Waals surface area contributed by atoms with Gasteiger partial charge in [-0.25, -0.2) is 9.97 Å². The van der Waals surface area contributed by atoms with Gasteiger partial charge in [0.1, 0.15) is 6.33 Å². The van der Waals surface area contributed by atoms with Crippen molar-refractivity contribution in [3.8, 4) is 0 Å². The van der Waals surface area contributed by atoms with E-state index in [1.54, 1.807) is 11.1 Å². The molecule has 0 spiro atoms. The second-order valence-corrected chi connectivity index (χ2v) is 7.20. The zero-order valence-electron chi connectivity index (χ0n) is 16.7. The largest absolute Gasteiger partial charge is 0.336 e. The number of aromatic nitrogens is 2. The van der Waals surface area contributed by atoms with Crippen LogP contribution in [0.4, 0.5) is 0 Å². The van der Waals surface area contributed by atoms with E-state index in [1.165, 1.54) is 6.33 Å². The standard InChI is InChI=1S/C22H28N4O2/c1-3-8-20-19(13-23-16-24-20)22(28)25-12-11-21(27)26(18(4-2)15-25)14-17-9-6-5-7-10-17/h5-7,9-10,13,16,18H,3-4,8,11-12,14-15H2,1-2H3. The highest BCUT2D eigenvalue weighted by atomic mass is 16.2. The van der Waals surface area contributed by atoms with Crippen molar-refractivity contribution in [1.29, 1.82) is 0 Å². The molecule has 2 heterocycles. The lowest BCUT2D eigenvalue weighted by Gasteiger charge is -2.31. The van der Waals surface area contributed by atoms with E-state index in [1.807, 2.05) is 35.2 Å². The molecule has 2 amide bonds. The quantitative estimate of drug-likeness (QED) is 0.772. The van der Waals surface area contributed by atoms with Crippen LogP contribution in [0.2, 0.25) is 0 Å². The Balaban J connectivity index is 1.80. The van der Waals surface area contributed by atoms with Crippen LogP contribution in [0.25, 0.3) is 0 Å². The first kappa shape index (κ1) is 20.0. The van der Waals surface area contributed by atoms with Crippen molar-refractivity contribution in [2.45, 2.75) is 52.1 Å². The van der Waals surface area contributed by atoms with Gasteiger partial charge < -0.3 is 9.80 Å². The van der Waals surface area contributed by atoms with Crippen LogP contribution in [0.15, 0.2) is 42.9 Å². The fraction of sp³-hybridized carbons (Fsp3) is 0.455. The minimum absolute atomic E-state index is 0.00147. The molecule has 0 saturated carbocycles. The first-order valence-electron chi connectivity index (χ1n) is 10.1. The number of rotatable bonds is 6. The van der Waals surface area contributed by atoms with Crippen LogP contribution in [0.3, 0.4) is 0 Å². The van der Waals surface area contributed by atoms with E-state index in [0.29, 0.717) is 31.6 Å². The van der Waals surface area contributed by atoms with Gasteiger partial charge in [0.25, 0.3) is 5.91 Å². The maximum Gasteiger partial charge on any atom is 0.257 e. The molecule has 1 aromatic heterocycles. The van der Waals surface area contributed by atoms with Gasteiger partial charge in [0.2, 0.25) is 5.91 Å². The molecule has 2 aromatic rings. The van der Waals surface area contributed by atoms with Gasteiger partial charge in [-0.1, -0.05) is 50.6 Å². The monoisotopic (exact) mass is 380 g/mol. The summed E-state index contributed by atoms with van der Waals surface area (Å²) in [6.07, 6.45) is 5.90. The Labute approximate surface area is 166 Å². The number of hydrogen-bond acceptors (Lipinski definition) is 4. The molecule has 1 unspecified atom stereocenters. The van der Waals surface area contributed by atoms with Gasteiger partial charge in [0, 0.05) is 38.3 Å². The van der Waals surface area contributed by atoms with Crippen LogP contribution >= 0.6 is 0 Å². The van der Waals surface area contributed by atoms with Crippen LogP contribution in [0.1, 0.15) is 54.7 Å². The minimum atomic E-state index is -0.0724. The predicted molar refractivity (Wildman–Crippen MR) is 108 cm³/mol. The van der Waals surface area contributed by atoms with Gasteiger partial charge in [-0.3, -0.25) is 9.59 Å². The molecule has 0 N–H and O–H groups in total. The van der Waals surface area contributed by atoms with Crippen molar-refractivity contribution < 1.29 is 9.59 Å². The van der Waals surface area contributed by atoms with Crippen molar-refractivity contribution in [2.75, 3.05) is 13.1 Å². The average Bonchev–Trinajstić information content (AvgIpc) is 2.88. The van der Waals surface area contributed by atoms with Crippen LogP contribution in [-0.2, 0) is 17.8 Å². The van der Waals surface area contributed by atoms with Crippen molar-refractivity contribution in [3.05, 3.63) is 59.7 Å². The Morgan fingerprint density at radius 2 is 2.00 bits per heavy atom. The summed E-state index contributed by atoms with van der Waals surface area (Å²) in [5.74, 6) is 0.0287. The summed E-state index contributed by atoms with van der Waals surface area (Å²) in [5.41, 5.74) is 2.45. The number of carbonyl (C=O) groups is 2. The molecule has 6 heteroatoms. The molecule has 1 aromatic carbocycles. The third-order valence-corrected chi connectivity index (χ3v) is 5.25. The molecule has 6 nitrogen and oxygen atoms in total. The van der Waals surface area contributed by atoms with Gasteiger partial charge in [0.05, 0.1) is 11.3 Å². The van der Waals surface area contributed by atoms with Crippen molar-refractivity contribution >= 4 is 11.8 Å². The van der Waals surface area contributed by atoms with E-state index in [2.05, 4.69) is 23.8 Å². The predicted octanol–water partition coefficient (Wildman–Crippen LogP) is 3.08. The van der Waals surface area contributed by atoms with E-state index in [9.17, 15) is 9.59 Å². The zero-order valence-corrected chi connectivity index (χ0v) is 16.7. The maximum absolute atomic E-state index is 13.2. The Kier molecular flexibility index (Phi) is 6.74. The van der Waals surface area contributed by atoms with Crippen LogP contribution in [0, 0.1) is 0 Å². The molecular formula is C22H28N4O2. The smallest absolute Gasteiger partial charge is 0.257 e. The van der Waals surface area contributed by atoms with Gasteiger partial charge in [0.15, 0.2) is 0 Å². The molecule has 0 bridgehead atoms.